The number of Topliss-reactive ketones (excluding diaryl/α,β-unsaturated/α-hetero) is 1. The van der Waals surface area contributed by atoms with Gasteiger partial charge in [-0.25, -0.2) is 4.98 Å². The van der Waals surface area contributed by atoms with E-state index in [1.807, 2.05) is 6.07 Å². The van der Waals surface area contributed by atoms with E-state index in [2.05, 4.69) is 4.98 Å². The van der Waals surface area contributed by atoms with Gasteiger partial charge in [0, 0.05) is 10.6 Å². The lowest BCUT2D eigenvalue weighted by atomic mass is 10.1. The van der Waals surface area contributed by atoms with E-state index >= 15 is 0 Å². The number of benzene rings is 2. The Balaban J connectivity index is 2.08. The van der Waals surface area contributed by atoms with Gasteiger partial charge in [0.05, 0.1) is 23.3 Å². The van der Waals surface area contributed by atoms with Crippen LogP contribution in [0.25, 0.3) is 10.9 Å². The van der Waals surface area contributed by atoms with Gasteiger partial charge in [-0.05, 0) is 25.1 Å². The Labute approximate surface area is 132 Å². The summed E-state index contributed by atoms with van der Waals surface area (Å²) in [5.41, 5.74) is 0.849. The second-order valence-electron chi connectivity index (χ2n) is 5.02. The van der Waals surface area contributed by atoms with E-state index < -0.39 is 6.04 Å². The van der Waals surface area contributed by atoms with Crippen molar-refractivity contribution in [2.75, 3.05) is 0 Å². The minimum Gasteiger partial charge on any atom is -0.292 e. The van der Waals surface area contributed by atoms with Gasteiger partial charge in [-0.3, -0.25) is 14.2 Å². The summed E-state index contributed by atoms with van der Waals surface area (Å²) in [6.45, 7) is 1.69. The number of fused-ring (bicyclic) bond motifs is 1. The molecular formula is C17H13ClN2O2. The zero-order valence-corrected chi connectivity index (χ0v) is 12.6. The van der Waals surface area contributed by atoms with E-state index in [9.17, 15) is 9.59 Å². The summed E-state index contributed by atoms with van der Waals surface area (Å²) in [7, 11) is 0. The SMILES string of the molecule is CC(C(=O)c1ccccc1)n1cnc2ccc(Cl)cc2c1=O. The maximum Gasteiger partial charge on any atom is 0.261 e. The van der Waals surface area contributed by atoms with Crippen LogP contribution in [-0.2, 0) is 0 Å². The smallest absolute Gasteiger partial charge is 0.261 e. The first-order valence-electron chi connectivity index (χ1n) is 6.83. The molecule has 1 heterocycles. The summed E-state index contributed by atoms with van der Waals surface area (Å²) < 4.78 is 1.34. The van der Waals surface area contributed by atoms with Crippen molar-refractivity contribution in [1.29, 1.82) is 0 Å². The molecule has 0 fully saturated rings. The van der Waals surface area contributed by atoms with Crippen LogP contribution in [0, 0.1) is 0 Å². The van der Waals surface area contributed by atoms with Crippen LogP contribution in [0.15, 0.2) is 59.7 Å². The van der Waals surface area contributed by atoms with Crippen LogP contribution in [0.5, 0.6) is 0 Å². The molecule has 22 heavy (non-hydrogen) atoms. The second kappa shape index (κ2) is 5.73. The van der Waals surface area contributed by atoms with E-state index in [0.717, 1.165) is 0 Å². The van der Waals surface area contributed by atoms with Crippen LogP contribution in [-0.4, -0.2) is 15.3 Å². The van der Waals surface area contributed by atoms with Gasteiger partial charge in [0.1, 0.15) is 0 Å². The molecule has 0 bridgehead atoms. The van der Waals surface area contributed by atoms with Gasteiger partial charge in [0.2, 0.25) is 0 Å². The number of rotatable bonds is 3. The topological polar surface area (TPSA) is 52.0 Å². The maximum atomic E-state index is 12.6. The second-order valence-corrected chi connectivity index (χ2v) is 5.46. The van der Waals surface area contributed by atoms with Gasteiger partial charge in [0.25, 0.3) is 5.56 Å². The highest BCUT2D eigenvalue weighted by Crippen LogP contribution is 2.17. The Kier molecular flexibility index (Phi) is 3.77. The number of ketones is 1. The van der Waals surface area contributed by atoms with Crippen LogP contribution >= 0.6 is 11.6 Å². The van der Waals surface area contributed by atoms with Crippen LogP contribution in [0.3, 0.4) is 0 Å². The van der Waals surface area contributed by atoms with Gasteiger partial charge >= 0.3 is 0 Å². The molecule has 0 saturated carbocycles. The average Bonchev–Trinajstić information content (AvgIpc) is 2.55. The highest BCUT2D eigenvalue weighted by molar-refractivity contribution is 6.31. The van der Waals surface area contributed by atoms with Crippen molar-refractivity contribution in [3.05, 3.63) is 75.8 Å². The Morgan fingerprint density at radius 3 is 2.64 bits per heavy atom. The number of halogens is 1. The molecule has 0 radical (unpaired) electrons. The molecule has 0 spiro atoms. The molecule has 3 aromatic rings. The first-order chi connectivity index (χ1) is 10.6. The average molecular weight is 313 g/mol. The molecule has 0 N–H and O–H groups in total. The zero-order valence-electron chi connectivity index (χ0n) is 11.9. The van der Waals surface area contributed by atoms with Crippen molar-refractivity contribution in [2.45, 2.75) is 13.0 Å². The maximum absolute atomic E-state index is 12.6. The lowest BCUT2D eigenvalue weighted by Crippen LogP contribution is -2.28. The van der Waals surface area contributed by atoms with E-state index in [0.29, 0.717) is 21.5 Å². The van der Waals surface area contributed by atoms with Crippen molar-refractivity contribution >= 4 is 28.3 Å². The van der Waals surface area contributed by atoms with Crippen molar-refractivity contribution in [3.63, 3.8) is 0 Å². The third kappa shape index (κ3) is 2.53. The Morgan fingerprint density at radius 2 is 1.91 bits per heavy atom. The zero-order chi connectivity index (χ0) is 15.7. The third-order valence-corrected chi connectivity index (χ3v) is 3.83. The predicted octanol–water partition coefficient (Wildman–Crippen LogP) is 3.49. The molecule has 1 unspecified atom stereocenters. The normalized spacial score (nSPS) is 12.3. The van der Waals surface area contributed by atoms with Gasteiger partial charge in [-0.1, -0.05) is 41.9 Å². The molecule has 5 heteroatoms. The highest BCUT2D eigenvalue weighted by Gasteiger charge is 2.19. The number of nitrogens with zero attached hydrogens (tertiary/aromatic N) is 2. The van der Waals surface area contributed by atoms with Crippen molar-refractivity contribution in [3.8, 4) is 0 Å². The van der Waals surface area contributed by atoms with Gasteiger partial charge in [0.15, 0.2) is 5.78 Å². The fourth-order valence-electron chi connectivity index (χ4n) is 2.35. The predicted molar refractivity (Wildman–Crippen MR) is 86.5 cm³/mol. The first-order valence-corrected chi connectivity index (χ1v) is 7.21. The molecular weight excluding hydrogens is 300 g/mol. The number of carbonyl (C=O) groups excluding carboxylic acids is 1. The summed E-state index contributed by atoms with van der Waals surface area (Å²) in [6, 6.07) is 13.2. The minimum atomic E-state index is -0.634. The van der Waals surface area contributed by atoms with Crippen LogP contribution < -0.4 is 5.56 Å². The van der Waals surface area contributed by atoms with Crippen LogP contribution in [0.2, 0.25) is 5.02 Å². The fraction of sp³-hybridized carbons (Fsp3) is 0.118. The van der Waals surface area contributed by atoms with E-state index in [-0.39, 0.29) is 11.3 Å². The number of carbonyl (C=O) groups is 1. The summed E-state index contributed by atoms with van der Waals surface area (Å²) in [6.07, 6.45) is 1.41. The summed E-state index contributed by atoms with van der Waals surface area (Å²) in [4.78, 5) is 29.3. The van der Waals surface area contributed by atoms with Crippen molar-refractivity contribution in [2.24, 2.45) is 0 Å². The molecule has 3 rings (SSSR count). The number of hydrogen-bond donors (Lipinski definition) is 0. The summed E-state index contributed by atoms with van der Waals surface area (Å²) in [5, 5.41) is 0.869. The molecule has 1 atom stereocenters. The number of aromatic nitrogens is 2. The van der Waals surface area contributed by atoms with E-state index in [4.69, 9.17) is 11.6 Å². The molecule has 0 aliphatic carbocycles. The summed E-state index contributed by atoms with van der Waals surface area (Å²) in [5.74, 6) is -0.133. The monoisotopic (exact) mass is 312 g/mol. The van der Waals surface area contributed by atoms with E-state index in [1.54, 1.807) is 49.4 Å². The van der Waals surface area contributed by atoms with Gasteiger partial charge in [-0.15, -0.1) is 0 Å². The number of hydrogen-bond acceptors (Lipinski definition) is 3. The lowest BCUT2D eigenvalue weighted by Gasteiger charge is -2.14. The third-order valence-electron chi connectivity index (χ3n) is 3.60. The lowest BCUT2D eigenvalue weighted by molar-refractivity contribution is 0.0932. The molecule has 0 aliphatic heterocycles. The highest BCUT2D eigenvalue weighted by atomic mass is 35.5. The van der Waals surface area contributed by atoms with Crippen molar-refractivity contribution in [1.82, 2.24) is 9.55 Å². The van der Waals surface area contributed by atoms with E-state index in [1.165, 1.54) is 10.9 Å². The molecule has 0 saturated heterocycles. The summed E-state index contributed by atoms with van der Waals surface area (Å²) >= 11 is 5.94. The molecule has 0 aliphatic rings. The van der Waals surface area contributed by atoms with Gasteiger partial charge < -0.3 is 0 Å². The van der Waals surface area contributed by atoms with Gasteiger partial charge in [-0.2, -0.15) is 0 Å². The van der Waals surface area contributed by atoms with Crippen LogP contribution in [0.4, 0.5) is 0 Å². The Morgan fingerprint density at radius 1 is 1.18 bits per heavy atom. The largest absolute Gasteiger partial charge is 0.292 e. The van der Waals surface area contributed by atoms with Crippen LogP contribution in [0.1, 0.15) is 23.3 Å². The molecule has 4 nitrogen and oxygen atoms in total. The fourth-order valence-corrected chi connectivity index (χ4v) is 2.53. The standard InChI is InChI=1S/C17H13ClN2O2/c1-11(16(21)12-5-3-2-4-6-12)20-10-19-15-8-7-13(18)9-14(15)17(20)22/h2-11H,1H3. The molecule has 1 aromatic heterocycles. The Bertz CT molecular complexity index is 903. The molecule has 2 aromatic carbocycles. The Hall–Kier alpha value is -2.46. The molecule has 110 valence electrons. The van der Waals surface area contributed by atoms with Crippen molar-refractivity contribution < 1.29 is 4.79 Å². The first kappa shape index (κ1) is 14.5. The minimum absolute atomic E-state index is 0.133. The molecule has 0 amide bonds. The quantitative estimate of drug-likeness (QED) is 0.696.